The topological polar surface area (TPSA) is 30.2 Å². The zero-order chi connectivity index (χ0) is 16.4. The van der Waals surface area contributed by atoms with E-state index in [0.717, 1.165) is 30.1 Å². The first-order chi connectivity index (χ1) is 11.8. The molecule has 1 saturated carbocycles. The average Bonchev–Trinajstić information content (AvgIpc) is 3.06. The van der Waals surface area contributed by atoms with Crippen molar-refractivity contribution < 1.29 is 0 Å². The van der Waals surface area contributed by atoms with E-state index >= 15 is 0 Å². The second kappa shape index (κ2) is 6.76. The van der Waals surface area contributed by atoms with Gasteiger partial charge in [-0.3, -0.25) is 0 Å². The van der Waals surface area contributed by atoms with Crippen LogP contribution in [0.15, 0.2) is 42.6 Å². The molecule has 1 aliphatic carbocycles. The second-order valence-electron chi connectivity index (χ2n) is 7.00. The molecule has 1 aromatic carbocycles. The van der Waals surface area contributed by atoms with Crippen LogP contribution in [0.3, 0.4) is 0 Å². The highest BCUT2D eigenvalue weighted by molar-refractivity contribution is 5.63. The molecular formula is C21H25N3. The van der Waals surface area contributed by atoms with Crippen LogP contribution in [0.25, 0.3) is 16.9 Å². The molecule has 0 bridgehead atoms. The molecule has 124 valence electrons. The molecule has 2 heterocycles. The zero-order valence-corrected chi connectivity index (χ0v) is 14.4. The number of aryl methyl sites for hydroxylation is 1. The quantitative estimate of drug-likeness (QED) is 0.671. The number of hydrogen-bond donors (Lipinski definition) is 0. The van der Waals surface area contributed by atoms with Gasteiger partial charge in [0.2, 0.25) is 0 Å². The van der Waals surface area contributed by atoms with E-state index in [1.165, 1.54) is 48.9 Å². The third kappa shape index (κ3) is 3.08. The summed E-state index contributed by atoms with van der Waals surface area (Å²) in [6, 6.07) is 13.0. The Morgan fingerprint density at radius 2 is 1.96 bits per heavy atom. The van der Waals surface area contributed by atoms with Gasteiger partial charge in [0.05, 0.1) is 17.6 Å². The number of benzene rings is 1. The molecule has 3 heteroatoms. The molecule has 0 atom stereocenters. The first-order valence-electron chi connectivity index (χ1n) is 9.26. The van der Waals surface area contributed by atoms with Gasteiger partial charge in [-0.1, -0.05) is 57.2 Å². The van der Waals surface area contributed by atoms with Crippen molar-refractivity contribution in [1.82, 2.24) is 14.6 Å². The Bertz CT molecular complexity index is 828. The van der Waals surface area contributed by atoms with Gasteiger partial charge in [0.25, 0.3) is 0 Å². The average molecular weight is 319 g/mol. The normalized spacial score (nSPS) is 15.9. The van der Waals surface area contributed by atoms with Gasteiger partial charge in [-0.2, -0.15) is 5.10 Å². The highest BCUT2D eigenvalue weighted by Crippen LogP contribution is 2.27. The van der Waals surface area contributed by atoms with Crippen molar-refractivity contribution in [3.8, 4) is 11.3 Å². The first kappa shape index (κ1) is 15.4. The Morgan fingerprint density at radius 3 is 2.79 bits per heavy atom. The summed E-state index contributed by atoms with van der Waals surface area (Å²) in [6.45, 7) is 2.19. The minimum atomic E-state index is 0.805. The van der Waals surface area contributed by atoms with Crippen molar-refractivity contribution in [3.63, 3.8) is 0 Å². The summed E-state index contributed by atoms with van der Waals surface area (Å²) in [5.41, 5.74) is 5.76. The number of nitrogens with zero attached hydrogens (tertiary/aromatic N) is 3. The highest BCUT2D eigenvalue weighted by Gasteiger charge is 2.15. The fraction of sp³-hybridized carbons (Fsp3) is 0.429. The Hall–Kier alpha value is -2.16. The summed E-state index contributed by atoms with van der Waals surface area (Å²) in [6.07, 6.45) is 11.0. The summed E-state index contributed by atoms with van der Waals surface area (Å²) in [7, 11) is 0. The molecule has 0 aliphatic heterocycles. The summed E-state index contributed by atoms with van der Waals surface area (Å²) in [4.78, 5) is 4.54. The molecule has 4 rings (SSSR count). The maximum absolute atomic E-state index is 4.92. The van der Waals surface area contributed by atoms with E-state index in [0.29, 0.717) is 0 Å². The monoisotopic (exact) mass is 319 g/mol. The maximum Gasteiger partial charge on any atom is 0.154 e. The number of aromatic nitrogens is 3. The summed E-state index contributed by atoms with van der Waals surface area (Å²) in [5.74, 6) is 0.805. The molecule has 1 aliphatic rings. The lowest BCUT2D eigenvalue weighted by atomic mass is 9.86. The molecule has 3 nitrogen and oxygen atoms in total. The molecule has 1 fully saturated rings. The minimum absolute atomic E-state index is 0.805. The van der Waals surface area contributed by atoms with Gasteiger partial charge in [0.1, 0.15) is 0 Å². The number of rotatable bonds is 4. The van der Waals surface area contributed by atoms with Crippen LogP contribution in [-0.4, -0.2) is 14.6 Å². The maximum atomic E-state index is 4.92. The van der Waals surface area contributed by atoms with Crippen molar-refractivity contribution in [2.24, 2.45) is 5.92 Å². The van der Waals surface area contributed by atoms with Crippen molar-refractivity contribution in [2.45, 2.75) is 51.9 Å². The van der Waals surface area contributed by atoms with E-state index in [1.807, 2.05) is 10.7 Å². The lowest BCUT2D eigenvalue weighted by Crippen LogP contribution is -2.11. The van der Waals surface area contributed by atoms with Gasteiger partial charge in [-0.15, -0.1) is 0 Å². The van der Waals surface area contributed by atoms with Crippen LogP contribution in [0.5, 0.6) is 0 Å². The van der Waals surface area contributed by atoms with Gasteiger partial charge < -0.3 is 0 Å². The van der Waals surface area contributed by atoms with Crippen LogP contribution in [0, 0.1) is 5.92 Å². The van der Waals surface area contributed by atoms with Crippen molar-refractivity contribution in [3.05, 3.63) is 53.9 Å². The lowest BCUT2D eigenvalue weighted by molar-refractivity contribution is 0.353. The molecule has 0 N–H and O–H groups in total. The highest BCUT2D eigenvalue weighted by atomic mass is 15.3. The van der Waals surface area contributed by atoms with Crippen molar-refractivity contribution in [1.29, 1.82) is 0 Å². The fourth-order valence-electron chi connectivity index (χ4n) is 3.85. The van der Waals surface area contributed by atoms with Crippen LogP contribution in [0.2, 0.25) is 0 Å². The predicted molar refractivity (Wildman–Crippen MR) is 98.1 cm³/mol. The number of fused-ring (bicyclic) bond motifs is 1. The Labute approximate surface area is 143 Å². The largest absolute Gasteiger partial charge is 0.235 e. The van der Waals surface area contributed by atoms with Gasteiger partial charge in [-0.25, -0.2) is 9.50 Å². The fourth-order valence-corrected chi connectivity index (χ4v) is 3.85. The Balaban J connectivity index is 1.67. The molecule has 24 heavy (non-hydrogen) atoms. The molecule has 0 saturated heterocycles. The summed E-state index contributed by atoms with van der Waals surface area (Å²) < 4.78 is 2.02. The van der Waals surface area contributed by atoms with Crippen LogP contribution < -0.4 is 0 Å². The summed E-state index contributed by atoms with van der Waals surface area (Å²) in [5, 5.41) is 4.92. The molecule has 0 spiro atoms. The second-order valence-corrected chi connectivity index (χ2v) is 7.00. The first-order valence-corrected chi connectivity index (χ1v) is 9.26. The SMILES string of the molecule is CCc1cccc(-c2cnc3ccc(CC4CCCCC4)nn23)c1. The lowest BCUT2D eigenvalue weighted by Gasteiger charge is -2.20. The number of hydrogen-bond acceptors (Lipinski definition) is 2. The Morgan fingerprint density at radius 1 is 1.08 bits per heavy atom. The minimum Gasteiger partial charge on any atom is -0.235 e. The van der Waals surface area contributed by atoms with E-state index < -0.39 is 0 Å². The van der Waals surface area contributed by atoms with Crippen molar-refractivity contribution in [2.75, 3.05) is 0 Å². The smallest absolute Gasteiger partial charge is 0.154 e. The zero-order valence-electron chi connectivity index (χ0n) is 14.4. The Kier molecular flexibility index (Phi) is 4.33. The van der Waals surface area contributed by atoms with Gasteiger partial charge in [-0.05, 0) is 42.5 Å². The molecule has 0 unspecified atom stereocenters. The van der Waals surface area contributed by atoms with E-state index in [-0.39, 0.29) is 0 Å². The van der Waals surface area contributed by atoms with E-state index in [9.17, 15) is 0 Å². The van der Waals surface area contributed by atoms with Crippen LogP contribution >= 0.6 is 0 Å². The van der Waals surface area contributed by atoms with E-state index in [2.05, 4.69) is 48.3 Å². The van der Waals surface area contributed by atoms with Gasteiger partial charge in [0.15, 0.2) is 5.65 Å². The van der Waals surface area contributed by atoms with Gasteiger partial charge >= 0.3 is 0 Å². The molecule has 0 radical (unpaired) electrons. The molecule has 2 aromatic heterocycles. The number of imidazole rings is 1. The van der Waals surface area contributed by atoms with Crippen LogP contribution in [0.4, 0.5) is 0 Å². The summed E-state index contributed by atoms with van der Waals surface area (Å²) >= 11 is 0. The molecular weight excluding hydrogens is 294 g/mol. The standard InChI is InChI=1S/C21H25N3/c1-2-16-9-6-10-18(13-16)20-15-22-21-12-11-19(23-24(20)21)14-17-7-4-3-5-8-17/h6,9-13,15,17H,2-5,7-8,14H2,1H3. The molecule has 0 amide bonds. The van der Waals surface area contributed by atoms with Gasteiger partial charge in [0, 0.05) is 5.56 Å². The molecule has 3 aromatic rings. The van der Waals surface area contributed by atoms with Crippen LogP contribution in [0.1, 0.15) is 50.3 Å². The third-order valence-electron chi connectivity index (χ3n) is 5.27. The third-order valence-corrected chi connectivity index (χ3v) is 5.27. The van der Waals surface area contributed by atoms with Crippen molar-refractivity contribution >= 4 is 5.65 Å². The van der Waals surface area contributed by atoms with E-state index in [1.54, 1.807) is 0 Å². The van der Waals surface area contributed by atoms with E-state index in [4.69, 9.17) is 5.10 Å². The van der Waals surface area contributed by atoms with Crippen LogP contribution in [-0.2, 0) is 12.8 Å². The predicted octanol–water partition coefficient (Wildman–Crippen LogP) is 5.08.